The second-order valence-electron chi connectivity index (χ2n) is 5.21. The zero-order valence-electron chi connectivity index (χ0n) is 11.6. The Morgan fingerprint density at radius 2 is 1.71 bits per heavy atom. The minimum atomic E-state index is 0.0231. The summed E-state index contributed by atoms with van der Waals surface area (Å²) in [6, 6.07) is 15.9. The van der Waals surface area contributed by atoms with Gasteiger partial charge in [-0.3, -0.25) is 4.90 Å². The highest BCUT2D eigenvalue weighted by Crippen LogP contribution is 2.29. The average molecular weight is 322 g/mol. The quantitative estimate of drug-likeness (QED) is 0.821. The molecule has 0 N–H and O–H groups in total. The van der Waals surface area contributed by atoms with Crippen LogP contribution >= 0.6 is 23.2 Å². The molecule has 1 aliphatic rings. The van der Waals surface area contributed by atoms with E-state index in [9.17, 15) is 0 Å². The summed E-state index contributed by atoms with van der Waals surface area (Å²) in [7, 11) is 0. The Morgan fingerprint density at radius 3 is 2.48 bits per heavy atom. The van der Waals surface area contributed by atoms with Gasteiger partial charge >= 0.3 is 0 Å². The van der Waals surface area contributed by atoms with E-state index in [1.165, 1.54) is 0 Å². The van der Waals surface area contributed by atoms with E-state index in [-0.39, 0.29) is 6.10 Å². The molecule has 0 bridgehead atoms. The van der Waals surface area contributed by atoms with Crippen LogP contribution < -0.4 is 0 Å². The Kier molecular flexibility index (Phi) is 4.81. The molecule has 4 heteroatoms. The van der Waals surface area contributed by atoms with Crippen molar-refractivity contribution in [2.45, 2.75) is 12.6 Å². The first-order valence-electron chi connectivity index (χ1n) is 7.06. The molecule has 0 aliphatic carbocycles. The van der Waals surface area contributed by atoms with Crippen molar-refractivity contribution in [3.63, 3.8) is 0 Å². The van der Waals surface area contributed by atoms with Gasteiger partial charge in [0.1, 0.15) is 0 Å². The average Bonchev–Trinajstić information content (AvgIpc) is 2.50. The van der Waals surface area contributed by atoms with Crippen LogP contribution in [0.15, 0.2) is 48.5 Å². The Balaban J connectivity index is 1.72. The van der Waals surface area contributed by atoms with Gasteiger partial charge in [0.2, 0.25) is 0 Å². The third kappa shape index (κ3) is 3.58. The minimum absolute atomic E-state index is 0.0231. The lowest BCUT2D eigenvalue weighted by molar-refractivity contribution is -0.0328. The molecule has 0 spiro atoms. The maximum atomic E-state index is 6.27. The zero-order valence-corrected chi connectivity index (χ0v) is 13.1. The first-order chi connectivity index (χ1) is 10.2. The third-order valence-corrected chi connectivity index (χ3v) is 4.47. The summed E-state index contributed by atoms with van der Waals surface area (Å²) in [6.07, 6.45) is 0.0231. The van der Waals surface area contributed by atoms with Crippen LogP contribution in [0.2, 0.25) is 10.0 Å². The van der Waals surface area contributed by atoms with Crippen LogP contribution in [0.5, 0.6) is 0 Å². The zero-order chi connectivity index (χ0) is 14.7. The van der Waals surface area contributed by atoms with Gasteiger partial charge in [0.05, 0.1) is 12.7 Å². The van der Waals surface area contributed by atoms with Crippen molar-refractivity contribution in [2.75, 3.05) is 19.7 Å². The molecule has 2 nitrogen and oxygen atoms in total. The van der Waals surface area contributed by atoms with Gasteiger partial charge in [0.15, 0.2) is 0 Å². The normalized spacial score (nSPS) is 19.6. The molecule has 0 saturated carbocycles. The molecule has 1 fully saturated rings. The third-order valence-electron chi connectivity index (χ3n) is 3.75. The standard InChI is InChI=1S/C17H17Cl2NO/c18-15-7-3-1-5-13(15)11-20-9-10-21-17(12-20)14-6-2-4-8-16(14)19/h1-8,17H,9-12H2. The maximum Gasteiger partial charge on any atom is 0.0966 e. The number of halogens is 2. The van der Waals surface area contributed by atoms with E-state index in [0.717, 1.165) is 40.8 Å². The van der Waals surface area contributed by atoms with E-state index in [2.05, 4.69) is 11.0 Å². The number of ether oxygens (including phenoxy) is 1. The van der Waals surface area contributed by atoms with Crippen LogP contribution in [-0.2, 0) is 11.3 Å². The molecule has 1 atom stereocenters. The van der Waals surface area contributed by atoms with Gasteiger partial charge < -0.3 is 4.74 Å². The monoisotopic (exact) mass is 321 g/mol. The predicted octanol–water partition coefficient (Wildman–Crippen LogP) is 4.57. The fraction of sp³-hybridized carbons (Fsp3) is 0.294. The SMILES string of the molecule is Clc1ccccc1CN1CCOC(c2ccccc2Cl)C1. The Labute approximate surface area is 135 Å². The van der Waals surface area contributed by atoms with Crippen molar-refractivity contribution in [3.05, 3.63) is 69.7 Å². The van der Waals surface area contributed by atoms with E-state index in [4.69, 9.17) is 27.9 Å². The number of rotatable bonds is 3. The van der Waals surface area contributed by atoms with Crippen molar-refractivity contribution < 1.29 is 4.74 Å². The molecular formula is C17H17Cl2NO. The van der Waals surface area contributed by atoms with Gasteiger partial charge in [0, 0.05) is 35.2 Å². The molecule has 2 aromatic carbocycles. The van der Waals surface area contributed by atoms with Crippen LogP contribution in [0.4, 0.5) is 0 Å². The molecule has 0 aromatic heterocycles. The van der Waals surface area contributed by atoms with Gasteiger partial charge in [-0.15, -0.1) is 0 Å². The smallest absolute Gasteiger partial charge is 0.0966 e. The Hall–Kier alpha value is -1.06. The van der Waals surface area contributed by atoms with Gasteiger partial charge in [-0.1, -0.05) is 59.6 Å². The number of nitrogens with zero attached hydrogens (tertiary/aromatic N) is 1. The Morgan fingerprint density at radius 1 is 1.00 bits per heavy atom. The van der Waals surface area contributed by atoms with Gasteiger partial charge in [-0.25, -0.2) is 0 Å². The number of hydrogen-bond acceptors (Lipinski definition) is 2. The summed E-state index contributed by atoms with van der Waals surface area (Å²) in [5.74, 6) is 0. The van der Waals surface area contributed by atoms with Crippen molar-refractivity contribution in [1.82, 2.24) is 4.90 Å². The molecule has 1 heterocycles. The number of benzene rings is 2. The van der Waals surface area contributed by atoms with E-state index < -0.39 is 0 Å². The first kappa shape index (κ1) is 14.9. The Bertz CT molecular complexity index is 617. The fourth-order valence-electron chi connectivity index (χ4n) is 2.64. The summed E-state index contributed by atoms with van der Waals surface area (Å²) >= 11 is 12.5. The van der Waals surface area contributed by atoms with E-state index in [1.807, 2.05) is 42.5 Å². The molecule has 1 unspecified atom stereocenters. The summed E-state index contributed by atoms with van der Waals surface area (Å²) in [5, 5.41) is 1.58. The highest BCUT2D eigenvalue weighted by atomic mass is 35.5. The maximum absolute atomic E-state index is 6.27. The highest BCUT2D eigenvalue weighted by molar-refractivity contribution is 6.31. The summed E-state index contributed by atoms with van der Waals surface area (Å²) in [6.45, 7) is 3.28. The molecule has 2 aromatic rings. The van der Waals surface area contributed by atoms with Gasteiger partial charge in [-0.2, -0.15) is 0 Å². The molecular weight excluding hydrogens is 305 g/mol. The highest BCUT2D eigenvalue weighted by Gasteiger charge is 2.23. The summed E-state index contributed by atoms with van der Waals surface area (Å²) in [5.41, 5.74) is 2.21. The van der Waals surface area contributed by atoms with Crippen molar-refractivity contribution >= 4 is 23.2 Å². The van der Waals surface area contributed by atoms with Gasteiger partial charge in [-0.05, 0) is 17.7 Å². The van der Waals surface area contributed by atoms with Crippen molar-refractivity contribution in [1.29, 1.82) is 0 Å². The number of hydrogen-bond donors (Lipinski definition) is 0. The van der Waals surface area contributed by atoms with Crippen LogP contribution in [0.3, 0.4) is 0 Å². The fourth-order valence-corrected chi connectivity index (χ4v) is 3.09. The molecule has 21 heavy (non-hydrogen) atoms. The van der Waals surface area contributed by atoms with Gasteiger partial charge in [0.25, 0.3) is 0 Å². The molecule has 110 valence electrons. The second kappa shape index (κ2) is 6.80. The lowest BCUT2D eigenvalue weighted by Crippen LogP contribution is -2.37. The lowest BCUT2D eigenvalue weighted by atomic mass is 10.1. The summed E-state index contributed by atoms with van der Waals surface area (Å²) < 4.78 is 5.88. The predicted molar refractivity (Wildman–Crippen MR) is 86.9 cm³/mol. The lowest BCUT2D eigenvalue weighted by Gasteiger charge is -2.33. The molecule has 1 saturated heterocycles. The number of morpholine rings is 1. The van der Waals surface area contributed by atoms with Crippen LogP contribution in [0, 0.1) is 0 Å². The first-order valence-corrected chi connectivity index (χ1v) is 7.81. The van der Waals surface area contributed by atoms with E-state index >= 15 is 0 Å². The van der Waals surface area contributed by atoms with E-state index in [1.54, 1.807) is 0 Å². The minimum Gasteiger partial charge on any atom is -0.371 e. The van der Waals surface area contributed by atoms with Crippen molar-refractivity contribution in [2.24, 2.45) is 0 Å². The van der Waals surface area contributed by atoms with Crippen LogP contribution in [0.25, 0.3) is 0 Å². The molecule has 0 amide bonds. The molecule has 1 aliphatic heterocycles. The second-order valence-corrected chi connectivity index (χ2v) is 6.02. The topological polar surface area (TPSA) is 12.5 Å². The largest absolute Gasteiger partial charge is 0.371 e. The summed E-state index contributed by atoms with van der Waals surface area (Å²) in [4.78, 5) is 2.36. The molecule has 0 radical (unpaired) electrons. The molecule has 3 rings (SSSR count). The van der Waals surface area contributed by atoms with Crippen LogP contribution in [0.1, 0.15) is 17.2 Å². The van der Waals surface area contributed by atoms with Crippen molar-refractivity contribution in [3.8, 4) is 0 Å². The van der Waals surface area contributed by atoms with E-state index in [0.29, 0.717) is 6.61 Å². The van der Waals surface area contributed by atoms with Crippen LogP contribution in [-0.4, -0.2) is 24.6 Å².